The number of carbonyl (C=O) groups is 1. The van der Waals surface area contributed by atoms with E-state index in [1.165, 1.54) is 9.99 Å². The number of likely N-dealkylation sites (tertiary alicyclic amines) is 1. The molecular formula is C34H35ClN4O3S. The molecule has 1 amide bonds. The predicted octanol–water partition coefficient (Wildman–Crippen LogP) is 6.16. The van der Waals surface area contributed by atoms with Crippen LogP contribution in [0.1, 0.15) is 47.2 Å². The number of piperidine rings is 2. The minimum absolute atomic E-state index is 0.0375. The van der Waals surface area contributed by atoms with Crippen molar-refractivity contribution in [1.82, 2.24) is 14.2 Å². The number of halogens is 1. The zero-order valence-corrected chi connectivity index (χ0v) is 25.7. The van der Waals surface area contributed by atoms with E-state index in [1.54, 1.807) is 18.2 Å². The molecule has 0 saturated carbocycles. The first kappa shape index (κ1) is 28.3. The van der Waals surface area contributed by atoms with Crippen LogP contribution in [0.15, 0.2) is 84.0 Å². The van der Waals surface area contributed by atoms with Gasteiger partial charge < -0.3 is 9.80 Å². The first-order valence-corrected chi connectivity index (χ1v) is 16.9. The lowest BCUT2D eigenvalue weighted by molar-refractivity contribution is 0.0515. The van der Waals surface area contributed by atoms with Gasteiger partial charge in [0.05, 0.1) is 4.90 Å². The Kier molecular flexibility index (Phi) is 7.40. The van der Waals surface area contributed by atoms with E-state index in [1.807, 2.05) is 53.7 Å². The van der Waals surface area contributed by atoms with Crippen LogP contribution < -0.4 is 4.90 Å². The van der Waals surface area contributed by atoms with Crippen molar-refractivity contribution in [2.24, 2.45) is 5.41 Å². The van der Waals surface area contributed by atoms with Crippen molar-refractivity contribution in [3.05, 3.63) is 101 Å². The quantitative estimate of drug-likeness (QED) is 0.275. The molecule has 7 nitrogen and oxygen atoms in total. The summed E-state index contributed by atoms with van der Waals surface area (Å²) in [5, 5.41) is 1.87. The van der Waals surface area contributed by atoms with Gasteiger partial charge in [-0.15, -0.1) is 0 Å². The highest BCUT2D eigenvalue weighted by Crippen LogP contribution is 2.42. The Morgan fingerprint density at radius 2 is 1.49 bits per heavy atom. The normalized spacial score (nSPS) is 19.0. The fourth-order valence-electron chi connectivity index (χ4n) is 7.13. The number of anilines is 1. The first-order chi connectivity index (χ1) is 20.8. The summed E-state index contributed by atoms with van der Waals surface area (Å²) in [6, 6.07) is 20.6. The Morgan fingerprint density at radius 3 is 2.23 bits per heavy atom. The zero-order chi connectivity index (χ0) is 29.6. The van der Waals surface area contributed by atoms with E-state index in [0.717, 1.165) is 68.4 Å². The zero-order valence-electron chi connectivity index (χ0n) is 24.1. The van der Waals surface area contributed by atoms with Crippen LogP contribution in [0.25, 0.3) is 10.8 Å². The smallest absolute Gasteiger partial charge is 0.253 e. The summed E-state index contributed by atoms with van der Waals surface area (Å²) in [6.45, 7) is 4.23. The van der Waals surface area contributed by atoms with Gasteiger partial charge in [-0.1, -0.05) is 41.9 Å². The predicted molar refractivity (Wildman–Crippen MR) is 170 cm³/mol. The molecule has 222 valence electrons. The number of nitrogens with zero attached hydrogens (tertiary/aromatic N) is 4. The molecule has 7 rings (SSSR count). The third-order valence-corrected chi connectivity index (χ3v) is 12.1. The standard InChI is InChI=1S/C34H35ClN4O3S/c35-31-7-8-32(30-4-2-1-3-29(30)31)43(41,42)39-18-11-25-5-6-26(23-27(25)24-39)33(40)38-21-14-34(15-22-38)12-19-37(20-13-34)28-9-16-36-17-10-28/h1-10,16-17,23H,11-15,18-22,24H2. The highest BCUT2D eigenvalue weighted by atomic mass is 35.5. The number of rotatable bonds is 4. The number of hydrogen-bond acceptors (Lipinski definition) is 5. The Labute approximate surface area is 258 Å². The second-order valence-electron chi connectivity index (χ2n) is 12.1. The Balaban J connectivity index is 1.03. The number of aromatic nitrogens is 1. The summed E-state index contributed by atoms with van der Waals surface area (Å²) in [6.07, 6.45) is 8.64. The maximum absolute atomic E-state index is 13.8. The topological polar surface area (TPSA) is 73.8 Å². The highest BCUT2D eigenvalue weighted by Gasteiger charge is 2.39. The molecule has 9 heteroatoms. The fraction of sp³-hybridized carbons (Fsp3) is 0.353. The number of hydrogen-bond donors (Lipinski definition) is 0. The molecule has 43 heavy (non-hydrogen) atoms. The molecule has 2 fully saturated rings. The van der Waals surface area contributed by atoms with Crippen molar-refractivity contribution < 1.29 is 13.2 Å². The molecule has 4 heterocycles. The van der Waals surface area contributed by atoms with Gasteiger partial charge in [0.2, 0.25) is 10.0 Å². The van der Waals surface area contributed by atoms with Crippen molar-refractivity contribution in [3.63, 3.8) is 0 Å². The molecule has 3 aromatic carbocycles. The van der Waals surface area contributed by atoms with Gasteiger partial charge >= 0.3 is 0 Å². The van der Waals surface area contributed by atoms with Crippen molar-refractivity contribution in [3.8, 4) is 0 Å². The second kappa shape index (κ2) is 11.2. The second-order valence-corrected chi connectivity index (χ2v) is 14.5. The Morgan fingerprint density at radius 1 is 0.791 bits per heavy atom. The Bertz CT molecular complexity index is 1780. The summed E-state index contributed by atoms with van der Waals surface area (Å²) in [5.41, 5.74) is 4.17. The van der Waals surface area contributed by atoms with Crippen LogP contribution in [-0.4, -0.2) is 61.2 Å². The van der Waals surface area contributed by atoms with Gasteiger partial charge in [0.15, 0.2) is 0 Å². The van der Waals surface area contributed by atoms with Crippen LogP contribution in [0.4, 0.5) is 5.69 Å². The number of fused-ring (bicyclic) bond motifs is 2. The lowest BCUT2D eigenvalue weighted by atomic mass is 9.71. The molecule has 0 N–H and O–H groups in total. The van der Waals surface area contributed by atoms with Crippen molar-refractivity contribution in [2.75, 3.05) is 37.6 Å². The number of pyridine rings is 1. The minimum Gasteiger partial charge on any atom is -0.371 e. The summed E-state index contributed by atoms with van der Waals surface area (Å²) in [7, 11) is -3.77. The fourth-order valence-corrected chi connectivity index (χ4v) is 8.97. The molecule has 1 spiro atoms. The van der Waals surface area contributed by atoms with Gasteiger partial charge in [-0.25, -0.2) is 8.42 Å². The summed E-state index contributed by atoms with van der Waals surface area (Å²) >= 11 is 6.37. The number of benzene rings is 3. The molecule has 1 aromatic heterocycles. The summed E-state index contributed by atoms with van der Waals surface area (Å²) in [5.74, 6) is 0.0375. The lowest BCUT2D eigenvalue weighted by Crippen LogP contribution is -2.48. The molecule has 0 bridgehead atoms. The van der Waals surface area contributed by atoms with Crippen LogP contribution >= 0.6 is 11.6 Å². The summed E-state index contributed by atoms with van der Waals surface area (Å²) < 4.78 is 29.2. The van der Waals surface area contributed by atoms with E-state index < -0.39 is 10.0 Å². The van der Waals surface area contributed by atoms with E-state index in [9.17, 15) is 13.2 Å². The van der Waals surface area contributed by atoms with E-state index in [2.05, 4.69) is 22.0 Å². The van der Waals surface area contributed by atoms with Gasteiger partial charge in [0.1, 0.15) is 0 Å². The van der Waals surface area contributed by atoms with E-state index in [-0.39, 0.29) is 17.3 Å². The molecule has 2 saturated heterocycles. The molecule has 0 unspecified atom stereocenters. The van der Waals surface area contributed by atoms with Crippen LogP contribution in [0.2, 0.25) is 5.02 Å². The van der Waals surface area contributed by atoms with Gasteiger partial charge in [0, 0.05) is 78.7 Å². The number of carbonyl (C=O) groups excluding carboxylic acids is 1. The van der Waals surface area contributed by atoms with Crippen LogP contribution in [0.3, 0.4) is 0 Å². The third-order valence-electron chi connectivity index (χ3n) is 9.84. The monoisotopic (exact) mass is 614 g/mol. The highest BCUT2D eigenvalue weighted by molar-refractivity contribution is 7.89. The molecule has 3 aliphatic rings. The molecule has 0 atom stereocenters. The third kappa shape index (κ3) is 5.30. The molecule has 4 aromatic rings. The molecule has 0 radical (unpaired) electrons. The maximum atomic E-state index is 13.8. The van der Waals surface area contributed by atoms with Crippen LogP contribution in [0.5, 0.6) is 0 Å². The van der Waals surface area contributed by atoms with Gasteiger partial charge in [0.25, 0.3) is 5.91 Å². The van der Waals surface area contributed by atoms with Crippen LogP contribution in [0, 0.1) is 5.41 Å². The van der Waals surface area contributed by atoms with Crippen molar-refractivity contribution >= 4 is 44.0 Å². The van der Waals surface area contributed by atoms with E-state index >= 15 is 0 Å². The number of sulfonamides is 1. The van der Waals surface area contributed by atoms with Crippen molar-refractivity contribution in [2.45, 2.75) is 43.5 Å². The summed E-state index contributed by atoms with van der Waals surface area (Å²) in [4.78, 5) is 22.5. The van der Waals surface area contributed by atoms with E-state index in [0.29, 0.717) is 34.4 Å². The largest absolute Gasteiger partial charge is 0.371 e. The molecule has 0 aliphatic carbocycles. The van der Waals surface area contributed by atoms with Crippen molar-refractivity contribution in [1.29, 1.82) is 0 Å². The Hall–Kier alpha value is -3.46. The van der Waals surface area contributed by atoms with E-state index in [4.69, 9.17) is 11.6 Å². The SMILES string of the molecule is O=C(c1ccc2c(c1)CN(S(=O)(=O)c1ccc(Cl)c3ccccc13)CC2)N1CCC2(CC1)CCN(c1ccncc1)CC2. The van der Waals surface area contributed by atoms with Gasteiger partial charge in [-0.3, -0.25) is 9.78 Å². The first-order valence-electron chi connectivity index (χ1n) is 15.1. The minimum atomic E-state index is -3.77. The lowest BCUT2D eigenvalue weighted by Gasteiger charge is -2.47. The van der Waals surface area contributed by atoms with Gasteiger partial charge in [-0.2, -0.15) is 4.31 Å². The molecular weight excluding hydrogens is 580 g/mol. The van der Waals surface area contributed by atoms with Crippen LogP contribution in [-0.2, 0) is 23.0 Å². The maximum Gasteiger partial charge on any atom is 0.253 e. The average molecular weight is 615 g/mol. The molecule has 3 aliphatic heterocycles. The van der Waals surface area contributed by atoms with Gasteiger partial charge in [-0.05, 0) is 85.0 Å². The number of amides is 1. The average Bonchev–Trinajstić information content (AvgIpc) is 3.05.